The van der Waals surface area contributed by atoms with Crippen LogP contribution in [-0.2, 0) is 4.74 Å². The molecule has 2 aromatic rings. The molecule has 0 amide bonds. The highest BCUT2D eigenvalue weighted by Gasteiger charge is 2.23. The molecule has 0 saturated carbocycles. The summed E-state index contributed by atoms with van der Waals surface area (Å²) < 4.78 is 11.1. The van der Waals surface area contributed by atoms with Gasteiger partial charge in [-0.3, -0.25) is 0 Å². The molecule has 2 N–H and O–H groups in total. The number of oxazole rings is 1. The van der Waals surface area contributed by atoms with Crippen molar-refractivity contribution in [2.45, 2.75) is 12.5 Å². The number of hydrogen-bond donors (Lipinski definition) is 1. The first kappa shape index (κ1) is 10.4. The Labute approximate surface area is 99.2 Å². The molecule has 1 saturated heterocycles. The molecule has 3 rings (SSSR count). The molecule has 0 radical (unpaired) electrons. The van der Waals surface area contributed by atoms with Crippen molar-refractivity contribution in [3.63, 3.8) is 0 Å². The molecule has 1 aromatic carbocycles. The molecular formula is C12H15N3O2. The third kappa shape index (κ3) is 1.82. The lowest BCUT2D eigenvalue weighted by molar-refractivity contribution is 0.193. The lowest BCUT2D eigenvalue weighted by Gasteiger charge is -2.20. The van der Waals surface area contributed by atoms with Crippen LogP contribution in [0.25, 0.3) is 11.1 Å². The predicted molar refractivity (Wildman–Crippen MR) is 66.0 cm³/mol. The number of benzene rings is 1. The van der Waals surface area contributed by atoms with Gasteiger partial charge in [0.2, 0.25) is 0 Å². The molecular weight excluding hydrogens is 218 g/mol. The topological polar surface area (TPSA) is 64.5 Å². The zero-order chi connectivity index (χ0) is 11.8. The lowest BCUT2D eigenvalue weighted by atomic mass is 10.2. The van der Waals surface area contributed by atoms with Crippen LogP contribution < -0.4 is 10.6 Å². The number of nitrogens with zero attached hydrogens (tertiary/aromatic N) is 2. The number of hydrogen-bond acceptors (Lipinski definition) is 5. The van der Waals surface area contributed by atoms with Gasteiger partial charge in [0.25, 0.3) is 6.01 Å². The average Bonchev–Trinajstić information content (AvgIpc) is 2.96. The number of rotatable bonds is 2. The summed E-state index contributed by atoms with van der Waals surface area (Å²) in [7, 11) is 1.98. The largest absolute Gasteiger partial charge is 0.423 e. The Morgan fingerprint density at radius 1 is 1.47 bits per heavy atom. The van der Waals surface area contributed by atoms with Crippen LogP contribution >= 0.6 is 0 Å². The second kappa shape index (κ2) is 3.92. The molecule has 1 atom stereocenters. The molecule has 5 heteroatoms. The van der Waals surface area contributed by atoms with E-state index in [0.29, 0.717) is 17.7 Å². The van der Waals surface area contributed by atoms with Crippen LogP contribution in [0.4, 0.5) is 11.7 Å². The van der Waals surface area contributed by atoms with E-state index < -0.39 is 0 Å². The van der Waals surface area contributed by atoms with E-state index in [2.05, 4.69) is 4.98 Å². The Hall–Kier alpha value is -1.75. The summed E-state index contributed by atoms with van der Waals surface area (Å²) in [5.74, 6) is 0. The molecule has 90 valence electrons. The molecule has 1 aliphatic rings. The number of anilines is 2. The first-order chi connectivity index (χ1) is 8.24. The first-order valence-corrected chi connectivity index (χ1v) is 5.71. The number of fused-ring (bicyclic) bond motifs is 1. The monoisotopic (exact) mass is 233 g/mol. The predicted octanol–water partition coefficient (Wildman–Crippen LogP) is 1.64. The fourth-order valence-corrected chi connectivity index (χ4v) is 2.07. The first-order valence-electron chi connectivity index (χ1n) is 5.71. The Balaban J connectivity index is 1.94. The van der Waals surface area contributed by atoms with Crippen molar-refractivity contribution in [2.75, 3.05) is 30.9 Å². The van der Waals surface area contributed by atoms with Gasteiger partial charge in [0.15, 0.2) is 5.58 Å². The smallest absolute Gasteiger partial charge is 0.298 e. The second-order valence-electron chi connectivity index (χ2n) is 4.35. The van der Waals surface area contributed by atoms with Crippen LogP contribution in [-0.4, -0.2) is 31.3 Å². The summed E-state index contributed by atoms with van der Waals surface area (Å²) in [5, 5.41) is 0. The number of nitrogen functional groups attached to an aromatic ring is 1. The van der Waals surface area contributed by atoms with Crippen molar-refractivity contribution in [2.24, 2.45) is 0 Å². The minimum atomic E-state index is 0.348. The minimum absolute atomic E-state index is 0.348. The summed E-state index contributed by atoms with van der Waals surface area (Å²) in [6.07, 6.45) is 1.01. The standard InChI is InChI=1S/C12H15N3O2/c1-15(9-4-5-16-7-9)12-14-10-6-8(13)2-3-11(10)17-12/h2-3,6,9H,4-5,7,13H2,1H3. The van der Waals surface area contributed by atoms with Crippen LogP contribution in [0.2, 0.25) is 0 Å². The molecule has 1 aliphatic heterocycles. The van der Waals surface area contributed by atoms with Gasteiger partial charge in [0, 0.05) is 19.3 Å². The molecule has 0 spiro atoms. The second-order valence-corrected chi connectivity index (χ2v) is 4.35. The quantitative estimate of drug-likeness (QED) is 0.799. The fraction of sp³-hybridized carbons (Fsp3) is 0.417. The van der Waals surface area contributed by atoms with Crippen LogP contribution in [0.1, 0.15) is 6.42 Å². The number of aromatic nitrogens is 1. The summed E-state index contributed by atoms with van der Waals surface area (Å²) in [6.45, 7) is 1.54. The molecule has 1 aromatic heterocycles. The summed E-state index contributed by atoms with van der Waals surface area (Å²) in [6, 6.07) is 6.46. The minimum Gasteiger partial charge on any atom is -0.423 e. The van der Waals surface area contributed by atoms with Gasteiger partial charge in [0.1, 0.15) is 5.52 Å². The Kier molecular flexibility index (Phi) is 2.40. The normalized spacial score (nSPS) is 19.9. The zero-order valence-electron chi connectivity index (χ0n) is 9.72. The zero-order valence-corrected chi connectivity index (χ0v) is 9.72. The highest BCUT2D eigenvalue weighted by atomic mass is 16.5. The maximum Gasteiger partial charge on any atom is 0.298 e. The van der Waals surface area contributed by atoms with Gasteiger partial charge in [-0.15, -0.1) is 0 Å². The van der Waals surface area contributed by atoms with Crippen LogP contribution in [0.3, 0.4) is 0 Å². The highest BCUT2D eigenvalue weighted by molar-refractivity contribution is 5.78. The van der Waals surface area contributed by atoms with E-state index in [4.69, 9.17) is 14.9 Å². The van der Waals surface area contributed by atoms with Gasteiger partial charge >= 0.3 is 0 Å². The molecule has 5 nitrogen and oxygen atoms in total. The number of ether oxygens (including phenoxy) is 1. The van der Waals surface area contributed by atoms with Gasteiger partial charge in [-0.1, -0.05) is 0 Å². The molecule has 1 unspecified atom stereocenters. The van der Waals surface area contributed by atoms with Crippen molar-refractivity contribution in [1.29, 1.82) is 0 Å². The Bertz CT molecular complexity index is 532. The maximum atomic E-state index is 5.72. The van der Waals surface area contributed by atoms with Gasteiger partial charge in [-0.05, 0) is 24.6 Å². The third-order valence-electron chi connectivity index (χ3n) is 3.16. The van der Waals surface area contributed by atoms with Crippen molar-refractivity contribution in [3.8, 4) is 0 Å². The van der Waals surface area contributed by atoms with E-state index in [0.717, 1.165) is 30.7 Å². The molecule has 1 fully saturated rings. The van der Waals surface area contributed by atoms with E-state index in [1.807, 2.05) is 30.1 Å². The number of nitrogens with two attached hydrogens (primary N) is 1. The van der Waals surface area contributed by atoms with Crippen molar-refractivity contribution in [3.05, 3.63) is 18.2 Å². The summed E-state index contributed by atoms with van der Waals surface area (Å²) in [5.41, 5.74) is 7.98. The lowest BCUT2D eigenvalue weighted by Crippen LogP contribution is -2.31. The van der Waals surface area contributed by atoms with E-state index in [1.165, 1.54) is 0 Å². The molecule has 0 aliphatic carbocycles. The van der Waals surface area contributed by atoms with Gasteiger partial charge in [0.05, 0.1) is 12.6 Å². The van der Waals surface area contributed by atoms with Gasteiger partial charge in [-0.25, -0.2) is 0 Å². The van der Waals surface area contributed by atoms with Crippen LogP contribution in [0.5, 0.6) is 0 Å². The summed E-state index contributed by atoms with van der Waals surface area (Å²) >= 11 is 0. The van der Waals surface area contributed by atoms with E-state index in [9.17, 15) is 0 Å². The van der Waals surface area contributed by atoms with Crippen molar-refractivity contribution >= 4 is 22.8 Å². The Morgan fingerprint density at radius 2 is 2.35 bits per heavy atom. The number of likely N-dealkylation sites (N-methyl/N-ethyl adjacent to an activating group) is 1. The van der Waals surface area contributed by atoms with Gasteiger partial charge < -0.3 is 19.8 Å². The van der Waals surface area contributed by atoms with Crippen molar-refractivity contribution < 1.29 is 9.15 Å². The SMILES string of the molecule is CN(c1nc2cc(N)ccc2o1)C1CCOC1. The maximum absolute atomic E-state index is 5.72. The Morgan fingerprint density at radius 3 is 3.12 bits per heavy atom. The van der Waals surface area contributed by atoms with E-state index >= 15 is 0 Å². The fourth-order valence-electron chi connectivity index (χ4n) is 2.07. The summed E-state index contributed by atoms with van der Waals surface area (Å²) in [4.78, 5) is 6.47. The third-order valence-corrected chi connectivity index (χ3v) is 3.16. The van der Waals surface area contributed by atoms with Gasteiger partial charge in [-0.2, -0.15) is 4.98 Å². The van der Waals surface area contributed by atoms with E-state index in [1.54, 1.807) is 0 Å². The molecule has 0 bridgehead atoms. The molecule has 2 heterocycles. The molecule has 17 heavy (non-hydrogen) atoms. The van der Waals surface area contributed by atoms with Crippen LogP contribution in [0.15, 0.2) is 22.6 Å². The average molecular weight is 233 g/mol. The van der Waals surface area contributed by atoms with Crippen LogP contribution in [0, 0.1) is 0 Å². The van der Waals surface area contributed by atoms with E-state index in [-0.39, 0.29) is 0 Å². The highest BCUT2D eigenvalue weighted by Crippen LogP contribution is 2.25. The van der Waals surface area contributed by atoms with Crippen molar-refractivity contribution in [1.82, 2.24) is 4.98 Å².